The first-order chi connectivity index (χ1) is 10.6. The summed E-state index contributed by atoms with van der Waals surface area (Å²) in [5.74, 6) is 0.593. The monoisotopic (exact) mass is 341 g/mol. The normalized spacial score (nSPS) is 12.6. The molecule has 0 aromatic heterocycles. The Hall–Kier alpha value is -0.910. The second-order valence-corrected chi connectivity index (χ2v) is 8.67. The zero-order valence-corrected chi connectivity index (χ0v) is 16.0. The lowest BCUT2D eigenvalue weighted by Gasteiger charge is -2.23. The van der Waals surface area contributed by atoms with Crippen molar-refractivity contribution in [2.24, 2.45) is 0 Å². The molecule has 0 aliphatic heterocycles. The number of hydrogen-bond donors (Lipinski definition) is 2. The third-order valence-corrected chi connectivity index (χ3v) is 5.57. The maximum atomic E-state index is 12.8. The molecular formula is C18H31NO3S. The third kappa shape index (κ3) is 5.03. The Morgan fingerprint density at radius 3 is 1.78 bits per heavy atom. The van der Waals surface area contributed by atoms with Crippen LogP contribution in [0.2, 0.25) is 0 Å². The third-order valence-electron chi connectivity index (χ3n) is 3.98. The van der Waals surface area contributed by atoms with E-state index in [2.05, 4.69) is 18.6 Å². The zero-order valence-electron chi connectivity index (χ0n) is 15.2. The molecule has 0 aliphatic carbocycles. The highest BCUT2D eigenvalue weighted by atomic mass is 32.2. The molecule has 0 aliphatic rings. The lowest BCUT2D eigenvalue weighted by Crippen LogP contribution is -2.28. The SMILES string of the molecule is CC(C)c1cc(C(C)C)c(S(=O)(=O)NCCCO)c(C(C)C)c1. The van der Waals surface area contributed by atoms with Gasteiger partial charge in [0.05, 0.1) is 4.90 Å². The molecule has 0 unspecified atom stereocenters. The Kier molecular flexibility index (Phi) is 7.24. The van der Waals surface area contributed by atoms with Crippen molar-refractivity contribution in [3.8, 4) is 0 Å². The summed E-state index contributed by atoms with van der Waals surface area (Å²) in [5, 5.41) is 8.88. The van der Waals surface area contributed by atoms with Gasteiger partial charge in [-0.3, -0.25) is 0 Å². The van der Waals surface area contributed by atoms with Crippen molar-refractivity contribution in [2.75, 3.05) is 13.2 Å². The van der Waals surface area contributed by atoms with Crippen LogP contribution >= 0.6 is 0 Å². The summed E-state index contributed by atoms with van der Waals surface area (Å²) in [6.07, 6.45) is 0.414. The first-order valence-corrected chi connectivity index (χ1v) is 9.88. The van der Waals surface area contributed by atoms with Gasteiger partial charge in [0.2, 0.25) is 10.0 Å². The van der Waals surface area contributed by atoms with Crippen molar-refractivity contribution in [1.82, 2.24) is 4.72 Å². The Morgan fingerprint density at radius 1 is 0.957 bits per heavy atom. The van der Waals surface area contributed by atoms with Gasteiger partial charge in [-0.1, -0.05) is 53.7 Å². The maximum absolute atomic E-state index is 12.8. The van der Waals surface area contributed by atoms with Crippen molar-refractivity contribution < 1.29 is 13.5 Å². The fourth-order valence-electron chi connectivity index (χ4n) is 2.56. The van der Waals surface area contributed by atoms with Crippen molar-refractivity contribution in [3.05, 3.63) is 28.8 Å². The van der Waals surface area contributed by atoms with E-state index < -0.39 is 10.0 Å². The minimum atomic E-state index is -3.59. The smallest absolute Gasteiger partial charge is 0.241 e. The molecule has 0 saturated carbocycles. The molecule has 0 heterocycles. The van der Waals surface area contributed by atoms with E-state index in [1.54, 1.807) is 0 Å². The highest BCUT2D eigenvalue weighted by Gasteiger charge is 2.26. The van der Waals surface area contributed by atoms with Gasteiger partial charge >= 0.3 is 0 Å². The van der Waals surface area contributed by atoms with E-state index in [-0.39, 0.29) is 25.0 Å². The lowest BCUT2D eigenvalue weighted by atomic mass is 9.89. The lowest BCUT2D eigenvalue weighted by molar-refractivity contribution is 0.289. The molecule has 1 aromatic carbocycles. The maximum Gasteiger partial charge on any atom is 0.241 e. The summed E-state index contributed by atoms with van der Waals surface area (Å²) in [6.45, 7) is 12.6. The van der Waals surface area contributed by atoms with Crippen molar-refractivity contribution in [1.29, 1.82) is 0 Å². The van der Waals surface area contributed by atoms with Crippen LogP contribution in [0.5, 0.6) is 0 Å². The summed E-state index contributed by atoms with van der Waals surface area (Å²) in [4.78, 5) is 0.421. The molecular weight excluding hydrogens is 310 g/mol. The Bertz CT molecular complexity index is 590. The van der Waals surface area contributed by atoms with Crippen LogP contribution in [-0.4, -0.2) is 26.7 Å². The minimum absolute atomic E-state index is 0.0249. The van der Waals surface area contributed by atoms with E-state index in [4.69, 9.17) is 5.11 Å². The van der Waals surface area contributed by atoms with Crippen molar-refractivity contribution in [3.63, 3.8) is 0 Å². The van der Waals surface area contributed by atoms with Crippen LogP contribution in [0.4, 0.5) is 0 Å². The molecule has 2 N–H and O–H groups in total. The summed E-state index contributed by atoms with van der Waals surface area (Å²) in [5.41, 5.74) is 2.92. The zero-order chi connectivity index (χ0) is 17.8. The first-order valence-electron chi connectivity index (χ1n) is 8.40. The molecule has 0 spiro atoms. The van der Waals surface area contributed by atoms with Crippen LogP contribution in [-0.2, 0) is 10.0 Å². The van der Waals surface area contributed by atoms with Crippen molar-refractivity contribution >= 4 is 10.0 Å². The van der Waals surface area contributed by atoms with Gasteiger partial charge in [0.1, 0.15) is 0 Å². The second kappa shape index (κ2) is 8.27. The van der Waals surface area contributed by atoms with Gasteiger partial charge < -0.3 is 5.11 Å². The molecule has 0 fully saturated rings. The van der Waals surface area contributed by atoms with E-state index in [9.17, 15) is 8.42 Å². The summed E-state index contributed by atoms with van der Waals surface area (Å²) in [7, 11) is -3.59. The Morgan fingerprint density at radius 2 is 1.43 bits per heavy atom. The van der Waals surface area contributed by atoms with E-state index in [1.807, 2.05) is 39.8 Å². The van der Waals surface area contributed by atoms with Crippen molar-refractivity contribution in [2.45, 2.75) is 70.6 Å². The number of rotatable bonds is 8. The largest absolute Gasteiger partial charge is 0.396 e. The van der Waals surface area contributed by atoms with Gasteiger partial charge in [-0.25, -0.2) is 13.1 Å². The predicted octanol–water partition coefficient (Wildman–Crippen LogP) is 3.72. The van der Waals surface area contributed by atoms with Crippen LogP contribution in [0.25, 0.3) is 0 Å². The fraction of sp³-hybridized carbons (Fsp3) is 0.667. The van der Waals surface area contributed by atoms with Gasteiger partial charge in [-0.05, 0) is 40.9 Å². The van der Waals surface area contributed by atoms with E-state index in [1.165, 1.54) is 5.56 Å². The van der Waals surface area contributed by atoms with Gasteiger partial charge in [0, 0.05) is 13.2 Å². The summed E-state index contributed by atoms with van der Waals surface area (Å²) >= 11 is 0. The predicted molar refractivity (Wildman–Crippen MR) is 95.6 cm³/mol. The van der Waals surface area contributed by atoms with Gasteiger partial charge in [0.15, 0.2) is 0 Å². The van der Waals surface area contributed by atoms with E-state index in [0.29, 0.717) is 17.2 Å². The number of aliphatic hydroxyl groups excluding tert-OH is 1. The number of sulfonamides is 1. The van der Waals surface area contributed by atoms with Crippen LogP contribution in [0.1, 0.15) is 82.4 Å². The van der Waals surface area contributed by atoms with Crippen LogP contribution in [0, 0.1) is 0 Å². The Balaban J connectivity index is 3.54. The number of benzene rings is 1. The molecule has 1 rings (SSSR count). The Labute approximate surface area is 141 Å². The second-order valence-electron chi connectivity index (χ2n) is 6.97. The molecule has 4 nitrogen and oxygen atoms in total. The molecule has 0 atom stereocenters. The van der Waals surface area contributed by atoms with Crippen LogP contribution in [0.3, 0.4) is 0 Å². The van der Waals surface area contributed by atoms with E-state index in [0.717, 1.165) is 11.1 Å². The molecule has 0 bridgehead atoms. The van der Waals surface area contributed by atoms with Gasteiger partial charge in [-0.15, -0.1) is 0 Å². The standard InChI is InChI=1S/C18H31NO3S/c1-12(2)15-10-16(13(3)4)18(17(11-15)14(5)6)23(21,22)19-8-7-9-20/h10-14,19-20H,7-9H2,1-6H3. The van der Waals surface area contributed by atoms with Gasteiger partial charge in [-0.2, -0.15) is 0 Å². The molecule has 132 valence electrons. The van der Waals surface area contributed by atoms with E-state index >= 15 is 0 Å². The van der Waals surface area contributed by atoms with Crippen LogP contribution < -0.4 is 4.72 Å². The molecule has 0 amide bonds. The quantitative estimate of drug-likeness (QED) is 0.708. The summed E-state index contributed by atoms with van der Waals surface area (Å²) in [6, 6.07) is 4.06. The highest BCUT2D eigenvalue weighted by molar-refractivity contribution is 7.89. The molecule has 0 saturated heterocycles. The average Bonchev–Trinajstić information content (AvgIpc) is 2.45. The molecule has 5 heteroatoms. The first kappa shape index (κ1) is 20.1. The number of nitrogens with one attached hydrogen (secondary N) is 1. The van der Waals surface area contributed by atoms with Crippen LogP contribution in [0.15, 0.2) is 17.0 Å². The fourth-order valence-corrected chi connectivity index (χ4v) is 4.32. The summed E-state index contributed by atoms with van der Waals surface area (Å²) < 4.78 is 28.3. The highest BCUT2D eigenvalue weighted by Crippen LogP contribution is 2.34. The molecule has 0 radical (unpaired) electrons. The molecule has 1 aromatic rings. The minimum Gasteiger partial charge on any atom is -0.396 e. The number of aliphatic hydroxyl groups is 1. The molecule has 23 heavy (non-hydrogen) atoms. The average molecular weight is 342 g/mol. The van der Waals surface area contributed by atoms with Gasteiger partial charge in [0.25, 0.3) is 0 Å². The number of hydrogen-bond acceptors (Lipinski definition) is 3. The topological polar surface area (TPSA) is 66.4 Å².